The number of ether oxygens (including phenoxy) is 3. The summed E-state index contributed by atoms with van der Waals surface area (Å²) in [5.41, 5.74) is 5.22. The largest absolute Gasteiger partial charge is 0.493 e. The van der Waals surface area contributed by atoms with Crippen molar-refractivity contribution >= 4 is 35.3 Å². The van der Waals surface area contributed by atoms with Crippen LogP contribution in [0.25, 0.3) is 0 Å². The molecule has 0 saturated carbocycles. The summed E-state index contributed by atoms with van der Waals surface area (Å²) in [6, 6.07) is 17.3. The standard InChI is InChI=1S/C27H28ClN3O5/c1-4-12-35-24-11-9-20(15-25(24)34-3)27(33)31-29-16-19-8-10-23(22(28)14-19)36-17-26(32)30-21-7-5-6-18(2)13-21/h5-11,13-16H,4,12,17H2,1-3H3,(H,30,32)(H,31,33)/b29-16+. The van der Waals surface area contributed by atoms with E-state index in [0.29, 0.717) is 45.7 Å². The van der Waals surface area contributed by atoms with Gasteiger partial charge in [-0.1, -0.05) is 30.7 Å². The number of carbonyl (C=O) groups excluding carboxylic acids is 2. The van der Waals surface area contributed by atoms with Gasteiger partial charge >= 0.3 is 0 Å². The van der Waals surface area contributed by atoms with Crippen molar-refractivity contribution in [3.05, 3.63) is 82.4 Å². The number of anilines is 1. The zero-order valence-electron chi connectivity index (χ0n) is 20.3. The molecule has 36 heavy (non-hydrogen) atoms. The van der Waals surface area contributed by atoms with Crippen LogP contribution in [0.15, 0.2) is 65.8 Å². The SMILES string of the molecule is CCCOc1ccc(C(=O)N/N=C/c2ccc(OCC(=O)Nc3cccc(C)c3)c(Cl)c2)cc1OC. The summed E-state index contributed by atoms with van der Waals surface area (Å²) >= 11 is 6.28. The Morgan fingerprint density at radius 2 is 1.81 bits per heavy atom. The second kappa shape index (κ2) is 13.2. The van der Waals surface area contributed by atoms with Crippen molar-refractivity contribution in [1.29, 1.82) is 0 Å². The number of hydrazone groups is 1. The molecule has 3 rings (SSSR count). The summed E-state index contributed by atoms with van der Waals surface area (Å²) in [5.74, 6) is 0.692. The Morgan fingerprint density at radius 3 is 2.53 bits per heavy atom. The molecule has 0 aliphatic rings. The minimum atomic E-state index is -0.405. The van der Waals surface area contributed by atoms with Crippen LogP contribution in [0.1, 0.15) is 34.8 Å². The van der Waals surface area contributed by atoms with Crippen LogP contribution >= 0.6 is 11.6 Å². The Labute approximate surface area is 215 Å². The highest BCUT2D eigenvalue weighted by atomic mass is 35.5. The van der Waals surface area contributed by atoms with Crippen LogP contribution in [-0.2, 0) is 4.79 Å². The van der Waals surface area contributed by atoms with Crippen LogP contribution in [0, 0.1) is 6.92 Å². The van der Waals surface area contributed by atoms with Crippen molar-refractivity contribution in [3.8, 4) is 17.2 Å². The number of nitrogens with one attached hydrogen (secondary N) is 2. The number of rotatable bonds is 11. The molecule has 9 heteroatoms. The van der Waals surface area contributed by atoms with Crippen molar-refractivity contribution < 1.29 is 23.8 Å². The number of hydrogen-bond acceptors (Lipinski definition) is 6. The summed E-state index contributed by atoms with van der Waals surface area (Å²) in [6.07, 6.45) is 2.31. The van der Waals surface area contributed by atoms with Gasteiger partial charge in [-0.25, -0.2) is 5.43 Å². The summed E-state index contributed by atoms with van der Waals surface area (Å²) in [7, 11) is 1.52. The fourth-order valence-corrected chi connectivity index (χ4v) is 3.39. The fourth-order valence-electron chi connectivity index (χ4n) is 3.15. The monoisotopic (exact) mass is 509 g/mol. The molecule has 0 radical (unpaired) electrons. The van der Waals surface area contributed by atoms with E-state index in [1.165, 1.54) is 13.3 Å². The molecule has 0 unspecified atom stereocenters. The van der Waals surface area contributed by atoms with Crippen LogP contribution in [0.3, 0.4) is 0 Å². The van der Waals surface area contributed by atoms with E-state index in [4.69, 9.17) is 25.8 Å². The first-order chi connectivity index (χ1) is 17.4. The summed E-state index contributed by atoms with van der Waals surface area (Å²) in [5, 5.41) is 7.06. The molecule has 8 nitrogen and oxygen atoms in total. The lowest BCUT2D eigenvalue weighted by molar-refractivity contribution is -0.118. The van der Waals surface area contributed by atoms with E-state index in [-0.39, 0.29) is 12.5 Å². The number of amides is 2. The van der Waals surface area contributed by atoms with Crippen LogP contribution < -0.4 is 25.0 Å². The van der Waals surface area contributed by atoms with Gasteiger partial charge < -0.3 is 19.5 Å². The van der Waals surface area contributed by atoms with Gasteiger partial charge in [-0.3, -0.25) is 9.59 Å². The molecule has 3 aromatic rings. The predicted octanol–water partition coefficient (Wildman–Crippen LogP) is 5.23. The first kappa shape index (κ1) is 26.6. The van der Waals surface area contributed by atoms with Crippen LogP contribution in [0.5, 0.6) is 17.2 Å². The molecule has 0 saturated heterocycles. The molecule has 0 aromatic heterocycles. The van der Waals surface area contributed by atoms with E-state index in [0.717, 1.165) is 12.0 Å². The zero-order chi connectivity index (χ0) is 25.9. The second-order valence-corrected chi connectivity index (χ2v) is 8.22. The lowest BCUT2D eigenvalue weighted by Gasteiger charge is -2.11. The molecule has 0 bridgehead atoms. The van der Waals surface area contributed by atoms with Crippen molar-refractivity contribution in [3.63, 3.8) is 0 Å². The molecule has 2 amide bonds. The Kier molecular flexibility index (Phi) is 9.71. The third-order valence-corrected chi connectivity index (χ3v) is 5.18. The lowest BCUT2D eigenvalue weighted by Crippen LogP contribution is -2.20. The van der Waals surface area contributed by atoms with Gasteiger partial charge in [0.1, 0.15) is 5.75 Å². The third kappa shape index (κ3) is 7.74. The molecule has 0 atom stereocenters. The lowest BCUT2D eigenvalue weighted by atomic mass is 10.2. The van der Waals surface area contributed by atoms with Gasteiger partial charge in [0, 0.05) is 11.3 Å². The van der Waals surface area contributed by atoms with E-state index in [1.807, 2.05) is 32.0 Å². The quantitative estimate of drug-likeness (QED) is 0.272. The maximum atomic E-state index is 12.4. The normalized spacial score (nSPS) is 10.7. The topological polar surface area (TPSA) is 98.3 Å². The average Bonchev–Trinajstić information content (AvgIpc) is 2.86. The van der Waals surface area contributed by atoms with Crippen molar-refractivity contribution in [2.45, 2.75) is 20.3 Å². The molecule has 188 valence electrons. The Morgan fingerprint density at radius 1 is 1.00 bits per heavy atom. The van der Waals surface area contributed by atoms with Crippen LogP contribution in [-0.4, -0.2) is 38.4 Å². The fraction of sp³-hybridized carbons (Fsp3) is 0.222. The van der Waals surface area contributed by atoms with Gasteiger partial charge in [0.25, 0.3) is 11.8 Å². The molecular weight excluding hydrogens is 482 g/mol. The number of aryl methyl sites for hydroxylation is 1. The highest BCUT2D eigenvalue weighted by Gasteiger charge is 2.11. The molecule has 0 fully saturated rings. The number of nitrogens with zero attached hydrogens (tertiary/aromatic N) is 1. The molecule has 0 aliphatic heterocycles. The van der Waals surface area contributed by atoms with E-state index >= 15 is 0 Å². The van der Waals surface area contributed by atoms with Crippen molar-refractivity contribution in [2.24, 2.45) is 5.10 Å². The van der Waals surface area contributed by atoms with Gasteiger partial charge in [-0.05, 0) is 73.0 Å². The van der Waals surface area contributed by atoms with Crippen LogP contribution in [0.4, 0.5) is 5.69 Å². The molecule has 0 spiro atoms. The van der Waals surface area contributed by atoms with Crippen molar-refractivity contribution in [2.75, 3.05) is 25.6 Å². The summed E-state index contributed by atoms with van der Waals surface area (Å²) in [6.45, 7) is 4.31. The van der Waals surface area contributed by atoms with Gasteiger partial charge in [-0.2, -0.15) is 5.10 Å². The highest BCUT2D eigenvalue weighted by Crippen LogP contribution is 2.28. The number of hydrogen-bond donors (Lipinski definition) is 2. The summed E-state index contributed by atoms with van der Waals surface area (Å²) in [4.78, 5) is 24.6. The predicted molar refractivity (Wildman–Crippen MR) is 141 cm³/mol. The maximum absolute atomic E-state index is 12.4. The first-order valence-corrected chi connectivity index (χ1v) is 11.7. The molecule has 2 N–H and O–H groups in total. The van der Waals surface area contributed by atoms with Gasteiger partial charge in [0.05, 0.1) is 25.0 Å². The molecule has 3 aromatic carbocycles. The van der Waals surface area contributed by atoms with Crippen LogP contribution in [0.2, 0.25) is 5.02 Å². The molecule has 0 aliphatic carbocycles. The molecule has 0 heterocycles. The van der Waals surface area contributed by atoms with Gasteiger partial charge in [0.2, 0.25) is 0 Å². The van der Waals surface area contributed by atoms with Gasteiger partial charge in [-0.15, -0.1) is 0 Å². The Balaban J connectivity index is 1.53. The number of halogens is 1. The van der Waals surface area contributed by atoms with E-state index in [9.17, 15) is 9.59 Å². The minimum Gasteiger partial charge on any atom is -0.493 e. The number of carbonyl (C=O) groups is 2. The maximum Gasteiger partial charge on any atom is 0.271 e. The summed E-state index contributed by atoms with van der Waals surface area (Å²) < 4.78 is 16.4. The van der Waals surface area contributed by atoms with Gasteiger partial charge in [0.15, 0.2) is 18.1 Å². The zero-order valence-corrected chi connectivity index (χ0v) is 21.1. The van der Waals surface area contributed by atoms with Crippen molar-refractivity contribution in [1.82, 2.24) is 5.43 Å². The average molecular weight is 510 g/mol. The first-order valence-electron chi connectivity index (χ1n) is 11.3. The van der Waals surface area contributed by atoms with E-state index in [2.05, 4.69) is 15.8 Å². The number of methoxy groups -OCH3 is 1. The smallest absolute Gasteiger partial charge is 0.271 e. The van der Waals surface area contributed by atoms with E-state index < -0.39 is 5.91 Å². The minimum absolute atomic E-state index is 0.192. The third-order valence-electron chi connectivity index (χ3n) is 4.88. The number of benzene rings is 3. The highest BCUT2D eigenvalue weighted by molar-refractivity contribution is 6.32. The molecular formula is C27H28ClN3O5. The Hall–Kier alpha value is -4.04. The second-order valence-electron chi connectivity index (χ2n) is 7.81. The van der Waals surface area contributed by atoms with E-state index in [1.54, 1.807) is 42.5 Å². The Bertz CT molecular complexity index is 1250.